The van der Waals surface area contributed by atoms with E-state index in [1.54, 1.807) is 0 Å². The average Bonchev–Trinajstić information content (AvgIpc) is 3.18. The normalized spacial score (nSPS) is 54.2. The average molecular weight is 827 g/mol. The smallest absolute Gasteiger partial charge is 0.311 e. The highest BCUT2D eigenvalue weighted by Gasteiger charge is 2.71. The summed E-state index contributed by atoms with van der Waals surface area (Å²) in [7, 11) is 1.38. The number of rotatable bonds is 8. The second-order valence-electron chi connectivity index (χ2n) is 20.1. The molecule has 58 heavy (non-hydrogen) atoms. The second kappa shape index (κ2) is 15.2. The minimum atomic E-state index is -1.73. The monoisotopic (exact) mass is 826 g/mol. The molecule has 0 aromatic heterocycles. The lowest BCUT2D eigenvalue weighted by molar-refractivity contribution is -0.357. The van der Waals surface area contributed by atoms with Crippen molar-refractivity contribution in [1.29, 1.82) is 0 Å². The molecule has 0 radical (unpaired) electrons. The summed E-state index contributed by atoms with van der Waals surface area (Å²) in [5.41, 5.74) is -2.86. The minimum Gasteiger partial charge on any atom is -0.481 e. The fourth-order valence-corrected chi connectivity index (χ4v) is 13.8. The van der Waals surface area contributed by atoms with Crippen molar-refractivity contribution >= 4 is 11.9 Å². The fourth-order valence-electron chi connectivity index (χ4n) is 13.8. The number of carboxylic acids is 1. The van der Waals surface area contributed by atoms with Gasteiger partial charge in [-0.05, 0) is 98.7 Å². The van der Waals surface area contributed by atoms with E-state index in [1.165, 1.54) is 7.11 Å². The van der Waals surface area contributed by atoms with Gasteiger partial charge in [-0.25, -0.2) is 0 Å². The zero-order chi connectivity index (χ0) is 42.5. The van der Waals surface area contributed by atoms with Crippen LogP contribution in [0.25, 0.3) is 0 Å². The SMILES string of the molecule is COC(=O)[C@@]1(C)CC[C@]2(C(=O)O)CC[C@]3(C)C(=CC[C@H]4[C@]5(C)C[C@H](O)[C@@H](O[C@H]6OC[C@H](O[C@H]7O[C@@H](CO)[C@@H](O)[C@@H](O)[C@H]7O)[C@@H](O)[C@@H]6O)[C@](C)(CO)[C@H]5CC[C@@]43C)[C@@H]2C1. The van der Waals surface area contributed by atoms with Gasteiger partial charge >= 0.3 is 11.9 Å². The molecule has 2 saturated heterocycles. The van der Waals surface area contributed by atoms with Crippen LogP contribution in [0, 0.1) is 50.2 Å². The van der Waals surface area contributed by atoms with Crippen LogP contribution in [-0.2, 0) is 33.3 Å². The Hall–Kier alpha value is -1.80. The van der Waals surface area contributed by atoms with Crippen LogP contribution in [0.15, 0.2) is 11.6 Å². The fraction of sp³-hybridized carbons (Fsp3) is 0.905. The molecule has 7 aliphatic rings. The van der Waals surface area contributed by atoms with Crippen molar-refractivity contribution in [2.75, 3.05) is 26.9 Å². The number of allylic oxidation sites excluding steroid dienone is 2. The van der Waals surface area contributed by atoms with Gasteiger partial charge in [0.05, 0.1) is 50.0 Å². The first-order valence-corrected chi connectivity index (χ1v) is 21.0. The van der Waals surface area contributed by atoms with Crippen LogP contribution >= 0.6 is 0 Å². The Morgan fingerprint density at radius 2 is 1.48 bits per heavy atom. The van der Waals surface area contributed by atoms with Gasteiger partial charge in [0, 0.05) is 5.41 Å². The maximum Gasteiger partial charge on any atom is 0.311 e. The number of esters is 1. The summed E-state index contributed by atoms with van der Waals surface area (Å²) in [6.07, 6.45) is -8.96. The highest BCUT2D eigenvalue weighted by Crippen LogP contribution is 2.76. The van der Waals surface area contributed by atoms with E-state index in [4.69, 9.17) is 23.7 Å². The summed E-state index contributed by atoms with van der Waals surface area (Å²) in [5.74, 6) is -1.57. The standard InChI is InChI=1S/C42H66O16/c1-37(36(53)54-6)11-13-42(35(51)52)14-12-40(4)20(21(42)15-37)7-8-26-38(2)16-22(45)32(39(3,19-44)25(38)9-10-41(26,40)5)58-33-30(49)28(47)24(18-55-33)57-34-31(50)29(48)27(46)23(17-43)56-34/h7,21-34,43-50H,8-19H2,1-6H3,(H,51,52)/t21-,22-,23-,24-,25-,26-,27+,28+,29+,30-,31+,32+,33+,34+,37-,38+,39+,40+,41-,42-/m0/s1. The maximum absolute atomic E-state index is 13.2. The van der Waals surface area contributed by atoms with Crippen LogP contribution in [0.2, 0.25) is 0 Å². The number of aliphatic hydroxyl groups excluding tert-OH is 8. The summed E-state index contributed by atoms with van der Waals surface area (Å²) in [5, 5.41) is 96.7. The van der Waals surface area contributed by atoms with Crippen molar-refractivity contribution in [1.82, 2.24) is 0 Å². The molecule has 6 fully saturated rings. The first kappa shape index (κ1) is 44.3. The van der Waals surface area contributed by atoms with E-state index in [0.29, 0.717) is 51.4 Å². The molecule has 2 heterocycles. The van der Waals surface area contributed by atoms with Gasteiger partial charge in [-0.2, -0.15) is 0 Å². The zero-order valence-electron chi connectivity index (χ0n) is 34.5. The van der Waals surface area contributed by atoms with Gasteiger partial charge in [-0.1, -0.05) is 39.3 Å². The number of methoxy groups -OCH3 is 1. The number of hydrogen-bond donors (Lipinski definition) is 9. The van der Waals surface area contributed by atoms with Crippen molar-refractivity contribution < 1.29 is 79.2 Å². The van der Waals surface area contributed by atoms with Gasteiger partial charge in [0.15, 0.2) is 12.6 Å². The van der Waals surface area contributed by atoms with Gasteiger partial charge in [0.25, 0.3) is 0 Å². The molecule has 20 atom stereocenters. The molecule has 7 rings (SSSR count). The third-order valence-corrected chi connectivity index (χ3v) is 17.4. The topological polar surface area (TPSA) is 262 Å². The minimum absolute atomic E-state index is 0.0422. The molecule has 0 aromatic carbocycles. The number of carboxylic acid groups (broad SMARTS) is 1. The highest BCUT2D eigenvalue weighted by molar-refractivity contribution is 5.80. The third-order valence-electron chi connectivity index (χ3n) is 17.4. The van der Waals surface area contributed by atoms with E-state index in [-0.39, 0.29) is 47.8 Å². The summed E-state index contributed by atoms with van der Waals surface area (Å²) >= 11 is 0. The molecule has 16 heteroatoms. The summed E-state index contributed by atoms with van der Waals surface area (Å²) < 4.78 is 28.5. The van der Waals surface area contributed by atoms with E-state index in [1.807, 2.05) is 13.8 Å². The van der Waals surface area contributed by atoms with E-state index in [9.17, 15) is 55.5 Å². The van der Waals surface area contributed by atoms with E-state index in [2.05, 4.69) is 26.8 Å². The number of hydrogen-bond acceptors (Lipinski definition) is 15. The van der Waals surface area contributed by atoms with Crippen molar-refractivity contribution in [2.24, 2.45) is 50.2 Å². The molecule has 330 valence electrons. The Morgan fingerprint density at radius 1 is 0.810 bits per heavy atom. The molecule has 0 aromatic rings. The molecule has 2 aliphatic heterocycles. The molecular formula is C42H66O16. The lowest BCUT2D eigenvalue weighted by Gasteiger charge is -2.71. The van der Waals surface area contributed by atoms with Gasteiger partial charge in [-0.3, -0.25) is 9.59 Å². The lowest BCUT2D eigenvalue weighted by atomic mass is 9.33. The zero-order valence-corrected chi connectivity index (χ0v) is 34.5. The van der Waals surface area contributed by atoms with Crippen LogP contribution in [0.5, 0.6) is 0 Å². The number of fused-ring (bicyclic) bond motifs is 7. The summed E-state index contributed by atoms with van der Waals surface area (Å²) in [6.45, 7) is 9.16. The van der Waals surface area contributed by atoms with Gasteiger partial charge in [0.1, 0.15) is 42.7 Å². The number of aliphatic hydroxyl groups is 8. The van der Waals surface area contributed by atoms with Crippen molar-refractivity contribution in [3.8, 4) is 0 Å². The van der Waals surface area contributed by atoms with E-state index in [0.717, 1.165) is 12.0 Å². The van der Waals surface area contributed by atoms with Crippen molar-refractivity contribution in [2.45, 2.75) is 160 Å². The highest BCUT2D eigenvalue weighted by atomic mass is 16.7. The Kier molecular flexibility index (Phi) is 11.6. The van der Waals surface area contributed by atoms with Gasteiger partial charge < -0.3 is 69.6 Å². The number of carbonyl (C=O) groups is 2. The quantitative estimate of drug-likeness (QED) is 0.0923. The largest absolute Gasteiger partial charge is 0.481 e. The predicted molar refractivity (Wildman–Crippen MR) is 201 cm³/mol. The number of carbonyl (C=O) groups excluding carboxylic acids is 1. The van der Waals surface area contributed by atoms with Gasteiger partial charge in [-0.15, -0.1) is 0 Å². The van der Waals surface area contributed by atoms with Crippen LogP contribution in [0.4, 0.5) is 0 Å². The Labute approximate surface area is 339 Å². The summed E-state index contributed by atoms with van der Waals surface area (Å²) in [4.78, 5) is 26.2. The molecule has 4 saturated carbocycles. The molecule has 16 nitrogen and oxygen atoms in total. The van der Waals surface area contributed by atoms with Crippen LogP contribution in [-0.4, -0.2) is 152 Å². The third kappa shape index (κ3) is 6.29. The van der Waals surface area contributed by atoms with Crippen LogP contribution in [0.1, 0.15) is 92.4 Å². The lowest BCUT2D eigenvalue weighted by Crippen LogP contribution is -2.69. The number of aliphatic carboxylic acids is 1. The van der Waals surface area contributed by atoms with E-state index < -0.39 is 102 Å². The van der Waals surface area contributed by atoms with Crippen LogP contribution in [0.3, 0.4) is 0 Å². The molecule has 5 aliphatic carbocycles. The molecular weight excluding hydrogens is 760 g/mol. The first-order chi connectivity index (χ1) is 27.1. The Balaban J connectivity index is 1.11. The molecule has 0 unspecified atom stereocenters. The molecule has 0 spiro atoms. The van der Waals surface area contributed by atoms with Crippen molar-refractivity contribution in [3.05, 3.63) is 11.6 Å². The summed E-state index contributed by atoms with van der Waals surface area (Å²) in [6, 6.07) is 0. The Morgan fingerprint density at radius 3 is 2.12 bits per heavy atom. The van der Waals surface area contributed by atoms with E-state index >= 15 is 0 Å². The second-order valence-corrected chi connectivity index (χ2v) is 20.1. The number of ether oxygens (including phenoxy) is 5. The van der Waals surface area contributed by atoms with Crippen LogP contribution < -0.4 is 0 Å². The molecule has 0 bridgehead atoms. The van der Waals surface area contributed by atoms with Gasteiger partial charge in [0.2, 0.25) is 0 Å². The molecule has 0 amide bonds. The van der Waals surface area contributed by atoms with Crippen molar-refractivity contribution in [3.63, 3.8) is 0 Å². The first-order valence-electron chi connectivity index (χ1n) is 21.0. The predicted octanol–water partition coefficient (Wildman–Crippen LogP) is 0.617. The maximum atomic E-state index is 13.2. The molecule has 9 N–H and O–H groups in total. The Bertz CT molecular complexity index is 1610.